The number of carbonyl (C=O) groups is 2. The lowest BCUT2D eigenvalue weighted by Gasteiger charge is -2.11. The zero-order chi connectivity index (χ0) is 23.6. The molecule has 0 aromatic heterocycles. The van der Waals surface area contributed by atoms with Gasteiger partial charge in [0.2, 0.25) is 0 Å². The van der Waals surface area contributed by atoms with Crippen LogP contribution in [0.4, 0.5) is 5.69 Å². The molecule has 3 rings (SSSR count). The van der Waals surface area contributed by atoms with Gasteiger partial charge < -0.3 is 14.8 Å². The second kappa shape index (κ2) is 11.7. The molecule has 166 valence electrons. The number of ether oxygens (including phenoxy) is 2. The first-order valence-electron chi connectivity index (χ1n) is 10.2. The molecule has 0 saturated carbocycles. The highest BCUT2D eigenvalue weighted by atomic mass is 79.9. The predicted octanol–water partition coefficient (Wildman–Crippen LogP) is 5.75. The summed E-state index contributed by atoms with van der Waals surface area (Å²) in [5, 5.41) is 12.3. The average molecular weight is 505 g/mol. The molecule has 0 heterocycles. The number of carbonyl (C=O) groups excluding carboxylic acids is 2. The van der Waals surface area contributed by atoms with E-state index in [2.05, 4.69) is 21.2 Å². The van der Waals surface area contributed by atoms with Gasteiger partial charge in [-0.15, -0.1) is 0 Å². The lowest BCUT2D eigenvalue weighted by atomic mass is 10.1. The molecular weight excluding hydrogens is 484 g/mol. The van der Waals surface area contributed by atoms with E-state index in [1.54, 1.807) is 43.3 Å². The topological polar surface area (TPSA) is 88.4 Å². The van der Waals surface area contributed by atoms with E-state index < -0.39 is 11.9 Å². The first-order valence-corrected chi connectivity index (χ1v) is 11.0. The Morgan fingerprint density at radius 1 is 1.06 bits per heavy atom. The van der Waals surface area contributed by atoms with Gasteiger partial charge in [0.1, 0.15) is 24.0 Å². The zero-order valence-corrected chi connectivity index (χ0v) is 19.5. The third-order valence-corrected chi connectivity index (χ3v) is 5.02. The second-order valence-electron chi connectivity index (χ2n) is 6.88. The van der Waals surface area contributed by atoms with Crippen molar-refractivity contribution in [2.45, 2.75) is 13.5 Å². The molecule has 0 aliphatic rings. The number of nitrogens with zero attached hydrogens (tertiary/aromatic N) is 1. The van der Waals surface area contributed by atoms with E-state index in [9.17, 15) is 14.9 Å². The lowest BCUT2D eigenvalue weighted by molar-refractivity contribution is -0.112. The maximum atomic E-state index is 12.7. The first-order chi connectivity index (χ1) is 16.0. The van der Waals surface area contributed by atoms with Crippen LogP contribution < -0.4 is 10.1 Å². The highest BCUT2D eigenvalue weighted by Gasteiger charge is 2.13. The fourth-order valence-electron chi connectivity index (χ4n) is 2.91. The van der Waals surface area contributed by atoms with Gasteiger partial charge in [-0.1, -0.05) is 46.3 Å². The van der Waals surface area contributed by atoms with Crippen molar-refractivity contribution in [3.05, 3.63) is 99.5 Å². The van der Waals surface area contributed by atoms with Crippen molar-refractivity contribution in [1.82, 2.24) is 0 Å². The van der Waals surface area contributed by atoms with E-state index in [0.717, 1.165) is 10.0 Å². The molecule has 0 bridgehead atoms. The largest absolute Gasteiger partial charge is 0.488 e. The molecule has 3 aromatic rings. The summed E-state index contributed by atoms with van der Waals surface area (Å²) in [6, 6.07) is 23.3. The Morgan fingerprint density at radius 2 is 1.79 bits per heavy atom. The van der Waals surface area contributed by atoms with Gasteiger partial charge >= 0.3 is 5.97 Å². The quantitative estimate of drug-likeness (QED) is 0.239. The van der Waals surface area contributed by atoms with Crippen molar-refractivity contribution in [2.24, 2.45) is 0 Å². The minimum absolute atomic E-state index is 0.0906. The molecule has 0 atom stereocenters. The van der Waals surface area contributed by atoms with Crippen LogP contribution in [-0.2, 0) is 16.1 Å². The van der Waals surface area contributed by atoms with Crippen LogP contribution in [0.3, 0.4) is 0 Å². The Balaban J connectivity index is 1.76. The molecular formula is C26H21BrN2O4. The molecule has 0 fully saturated rings. The predicted molar refractivity (Wildman–Crippen MR) is 130 cm³/mol. The van der Waals surface area contributed by atoms with Gasteiger partial charge in [-0.05, 0) is 61.0 Å². The number of esters is 1. The SMILES string of the molecule is CCOC(=O)c1ccc(NC(=O)/C(C#N)=C/c2cc(Br)ccc2OCc2ccccc2)cc1. The van der Waals surface area contributed by atoms with Crippen LogP contribution in [0, 0.1) is 11.3 Å². The molecule has 7 heteroatoms. The Morgan fingerprint density at radius 3 is 2.45 bits per heavy atom. The zero-order valence-electron chi connectivity index (χ0n) is 17.9. The van der Waals surface area contributed by atoms with Crippen LogP contribution >= 0.6 is 15.9 Å². The average Bonchev–Trinajstić information content (AvgIpc) is 2.83. The van der Waals surface area contributed by atoms with E-state index >= 15 is 0 Å². The molecule has 0 aliphatic carbocycles. The third kappa shape index (κ3) is 6.79. The number of hydrogen-bond acceptors (Lipinski definition) is 5. The maximum Gasteiger partial charge on any atom is 0.338 e. The van der Waals surface area contributed by atoms with Crippen molar-refractivity contribution < 1.29 is 19.1 Å². The van der Waals surface area contributed by atoms with E-state index in [1.807, 2.05) is 42.5 Å². The summed E-state index contributed by atoms with van der Waals surface area (Å²) in [7, 11) is 0. The number of anilines is 1. The Labute approximate surface area is 200 Å². The fraction of sp³-hybridized carbons (Fsp3) is 0.115. The minimum Gasteiger partial charge on any atom is -0.488 e. The van der Waals surface area contributed by atoms with Gasteiger partial charge in [0.15, 0.2) is 0 Å². The Bertz CT molecular complexity index is 1200. The number of benzene rings is 3. The van der Waals surface area contributed by atoms with Crippen molar-refractivity contribution in [3.8, 4) is 11.8 Å². The van der Waals surface area contributed by atoms with E-state index in [1.165, 1.54) is 6.08 Å². The van der Waals surface area contributed by atoms with Crippen molar-refractivity contribution in [2.75, 3.05) is 11.9 Å². The number of halogens is 1. The van der Waals surface area contributed by atoms with Crippen LogP contribution in [0.15, 0.2) is 82.8 Å². The number of rotatable bonds is 8. The summed E-state index contributed by atoms with van der Waals surface area (Å²) < 4.78 is 11.7. The standard InChI is InChI=1S/C26H21BrN2O4/c1-2-32-26(31)19-8-11-23(12-9-19)29-25(30)21(16-28)14-20-15-22(27)10-13-24(20)33-17-18-6-4-3-5-7-18/h3-15H,2,17H2,1H3,(H,29,30)/b21-14+. The van der Waals surface area contributed by atoms with Gasteiger partial charge in [-0.25, -0.2) is 4.79 Å². The van der Waals surface area contributed by atoms with E-state index in [-0.39, 0.29) is 12.2 Å². The molecule has 6 nitrogen and oxygen atoms in total. The van der Waals surface area contributed by atoms with Crippen molar-refractivity contribution in [3.63, 3.8) is 0 Å². The Hall–Kier alpha value is -3.89. The molecule has 3 aromatic carbocycles. The number of nitriles is 1. The van der Waals surface area contributed by atoms with Crippen LogP contribution in [0.1, 0.15) is 28.4 Å². The third-order valence-electron chi connectivity index (χ3n) is 4.53. The van der Waals surface area contributed by atoms with E-state index in [0.29, 0.717) is 29.2 Å². The van der Waals surface area contributed by atoms with Gasteiger partial charge in [-0.3, -0.25) is 4.79 Å². The smallest absolute Gasteiger partial charge is 0.338 e. The summed E-state index contributed by atoms with van der Waals surface area (Å²) in [6.07, 6.45) is 1.48. The summed E-state index contributed by atoms with van der Waals surface area (Å²) in [5.41, 5.74) is 2.32. The van der Waals surface area contributed by atoms with E-state index in [4.69, 9.17) is 9.47 Å². The van der Waals surface area contributed by atoms with Crippen molar-refractivity contribution >= 4 is 39.6 Å². The Kier molecular flexibility index (Phi) is 8.39. The monoisotopic (exact) mass is 504 g/mol. The molecule has 0 aliphatic heterocycles. The molecule has 33 heavy (non-hydrogen) atoms. The first kappa shape index (κ1) is 23.8. The van der Waals surface area contributed by atoms with Crippen molar-refractivity contribution in [1.29, 1.82) is 5.26 Å². The summed E-state index contributed by atoms with van der Waals surface area (Å²) in [5.74, 6) is -0.470. The van der Waals surface area contributed by atoms with Crippen LogP contribution in [0.2, 0.25) is 0 Å². The summed E-state index contributed by atoms with van der Waals surface area (Å²) in [4.78, 5) is 24.5. The summed E-state index contributed by atoms with van der Waals surface area (Å²) in [6.45, 7) is 2.36. The second-order valence-corrected chi connectivity index (χ2v) is 7.79. The molecule has 0 unspecified atom stereocenters. The fourth-order valence-corrected chi connectivity index (χ4v) is 3.28. The van der Waals surface area contributed by atoms with Gasteiger partial charge in [0.25, 0.3) is 5.91 Å². The molecule has 0 saturated heterocycles. The number of nitrogens with one attached hydrogen (secondary N) is 1. The molecule has 1 N–H and O–H groups in total. The molecule has 1 amide bonds. The normalized spacial score (nSPS) is 10.8. The van der Waals surface area contributed by atoms with Gasteiger partial charge in [0.05, 0.1) is 12.2 Å². The highest BCUT2D eigenvalue weighted by Crippen LogP contribution is 2.27. The number of amides is 1. The maximum absolute atomic E-state index is 12.7. The van der Waals surface area contributed by atoms with Gasteiger partial charge in [-0.2, -0.15) is 5.26 Å². The van der Waals surface area contributed by atoms with Gasteiger partial charge in [0, 0.05) is 15.7 Å². The lowest BCUT2D eigenvalue weighted by Crippen LogP contribution is -2.14. The summed E-state index contributed by atoms with van der Waals surface area (Å²) >= 11 is 3.42. The highest BCUT2D eigenvalue weighted by molar-refractivity contribution is 9.10. The minimum atomic E-state index is -0.574. The molecule has 0 radical (unpaired) electrons. The van der Waals surface area contributed by atoms with Crippen LogP contribution in [-0.4, -0.2) is 18.5 Å². The van der Waals surface area contributed by atoms with Crippen LogP contribution in [0.25, 0.3) is 6.08 Å². The number of hydrogen-bond donors (Lipinski definition) is 1. The molecule has 0 spiro atoms. The van der Waals surface area contributed by atoms with Crippen LogP contribution in [0.5, 0.6) is 5.75 Å².